The molecule has 2 heterocycles. The van der Waals surface area contributed by atoms with Crippen LogP contribution in [0.1, 0.15) is 12.8 Å². The first-order valence-corrected chi connectivity index (χ1v) is 9.52. The summed E-state index contributed by atoms with van der Waals surface area (Å²) in [6.45, 7) is 2.30. The topological polar surface area (TPSA) is 58.4 Å². The Balaban J connectivity index is 1.58. The number of hydrogen-bond donors (Lipinski definition) is 1. The molecule has 0 saturated carbocycles. The molecule has 1 fully saturated rings. The van der Waals surface area contributed by atoms with E-state index < -0.39 is 0 Å². The van der Waals surface area contributed by atoms with Gasteiger partial charge in [0, 0.05) is 36.3 Å². The Bertz CT molecular complexity index is 683. The molecule has 1 N–H and O–H groups in total. The van der Waals surface area contributed by atoms with E-state index in [1.165, 1.54) is 0 Å². The van der Waals surface area contributed by atoms with E-state index in [4.69, 9.17) is 16.0 Å². The minimum Gasteiger partial charge on any atom is -0.423 e. The number of halogens is 1. The number of thioether (sulfide) groups is 1. The Morgan fingerprint density at radius 1 is 1.48 bits per heavy atom. The predicted octanol–water partition coefficient (Wildman–Crippen LogP) is 3.18. The predicted molar refractivity (Wildman–Crippen MR) is 95.3 cm³/mol. The summed E-state index contributed by atoms with van der Waals surface area (Å²) in [7, 11) is 0. The van der Waals surface area contributed by atoms with Crippen molar-refractivity contribution in [1.82, 2.24) is 10.3 Å². The fourth-order valence-electron chi connectivity index (χ4n) is 2.78. The van der Waals surface area contributed by atoms with Gasteiger partial charge in [-0.25, -0.2) is 0 Å². The number of piperidine rings is 1. The smallest absolute Gasteiger partial charge is 0.298 e. The highest BCUT2D eigenvalue weighted by Gasteiger charge is 2.27. The number of anilines is 1. The van der Waals surface area contributed by atoms with E-state index in [9.17, 15) is 4.79 Å². The van der Waals surface area contributed by atoms with Crippen LogP contribution in [0.4, 0.5) is 6.01 Å². The third kappa shape index (κ3) is 3.93. The van der Waals surface area contributed by atoms with Crippen molar-refractivity contribution in [2.45, 2.75) is 12.8 Å². The monoisotopic (exact) mass is 353 g/mol. The van der Waals surface area contributed by atoms with Crippen LogP contribution in [-0.4, -0.2) is 42.5 Å². The van der Waals surface area contributed by atoms with Crippen LogP contribution >= 0.6 is 23.4 Å². The summed E-state index contributed by atoms with van der Waals surface area (Å²) in [5.74, 6) is 1.21. The van der Waals surface area contributed by atoms with Gasteiger partial charge in [-0.3, -0.25) is 4.79 Å². The largest absolute Gasteiger partial charge is 0.423 e. The van der Waals surface area contributed by atoms with E-state index in [-0.39, 0.29) is 11.8 Å². The van der Waals surface area contributed by atoms with Crippen LogP contribution in [0, 0.1) is 5.92 Å². The molecule has 0 atom stereocenters. The third-order valence-electron chi connectivity index (χ3n) is 4.08. The molecular formula is C16H20ClN3O2S. The van der Waals surface area contributed by atoms with E-state index in [1.54, 1.807) is 23.9 Å². The maximum Gasteiger partial charge on any atom is 0.298 e. The summed E-state index contributed by atoms with van der Waals surface area (Å²) < 4.78 is 5.79. The number of carbonyl (C=O) groups is 1. The van der Waals surface area contributed by atoms with Gasteiger partial charge in [-0.05, 0) is 37.3 Å². The van der Waals surface area contributed by atoms with E-state index in [0.717, 1.165) is 49.3 Å². The van der Waals surface area contributed by atoms with Gasteiger partial charge >= 0.3 is 0 Å². The number of fused-ring (bicyclic) bond motifs is 1. The molecule has 0 aliphatic carbocycles. The molecule has 124 valence electrons. The van der Waals surface area contributed by atoms with Crippen LogP contribution in [-0.2, 0) is 4.79 Å². The molecule has 0 unspecified atom stereocenters. The number of amides is 1. The highest BCUT2D eigenvalue weighted by Crippen LogP contribution is 2.27. The molecule has 1 aliphatic heterocycles. The molecule has 1 saturated heterocycles. The summed E-state index contributed by atoms with van der Waals surface area (Å²) in [6.07, 6.45) is 3.69. The van der Waals surface area contributed by atoms with Crippen molar-refractivity contribution in [2.75, 3.05) is 36.5 Å². The Labute approximate surface area is 144 Å². The van der Waals surface area contributed by atoms with Crippen LogP contribution in [0.5, 0.6) is 0 Å². The van der Waals surface area contributed by atoms with Crippen molar-refractivity contribution in [1.29, 1.82) is 0 Å². The first-order chi connectivity index (χ1) is 11.2. The van der Waals surface area contributed by atoms with Crippen LogP contribution in [0.25, 0.3) is 11.1 Å². The van der Waals surface area contributed by atoms with Crippen LogP contribution in [0.15, 0.2) is 22.6 Å². The van der Waals surface area contributed by atoms with Crippen molar-refractivity contribution in [2.24, 2.45) is 5.92 Å². The molecule has 23 heavy (non-hydrogen) atoms. The molecule has 7 heteroatoms. The van der Waals surface area contributed by atoms with Crippen LogP contribution in [0.3, 0.4) is 0 Å². The van der Waals surface area contributed by atoms with Gasteiger partial charge in [-0.15, -0.1) is 0 Å². The molecular weight excluding hydrogens is 334 g/mol. The Morgan fingerprint density at radius 2 is 2.26 bits per heavy atom. The van der Waals surface area contributed by atoms with Crippen molar-refractivity contribution < 1.29 is 9.21 Å². The summed E-state index contributed by atoms with van der Waals surface area (Å²) >= 11 is 7.72. The second-order valence-corrected chi connectivity index (χ2v) is 7.08. The number of nitrogens with one attached hydrogen (secondary N) is 1. The van der Waals surface area contributed by atoms with Crippen LogP contribution in [0.2, 0.25) is 5.02 Å². The Kier molecular flexibility index (Phi) is 5.33. The average molecular weight is 354 g/mol. The van der Waals surface area contributed by atoms with E-state index >= 15 is 0 Å². The molecule has 0 bridgehead atoms. The second-order valence-electron chi connectivity index (χ2n) is 5.65. The lowest BCUT2D eigenvalue weighted by Gasteiger charge is -2.30. The number of aromatic nitrogens is 1. The molecule has 2 aromatic rings. The quantitative estimate of drug-likeness (QED) is 0.836. The van der Waals surface area contributed by atoms with Gasteiger partial charge in [0.15, 0.2) is 5.58 Å². The number of hydrogen-bond acceptors (Lipinski definition) is 5. The van der Waals surface area contributed by atoms with E-state index in [0.29, 0.717) is 11.0 Å². The number of nitrogens with zero attached hydrogens (tertiary/aromatic N) is 2. The lowest BCUT2D eigenvalue weighted by atomic mass is 9.96. The molecule has 1 aromatic carbocycles. The summed E-state index contributed by atoms with van der Waals surface area (Å²) in [4.78, 5) is 18.7. The third-order valence-corrected chi connectivity index (χ3v) is 4.93. The SMILES string of the molecule is CSCCNC(=O)C1CCN(c2nc3cc(Cl)ccc3o2)CC1. The zero-order chi connectivity index (χ0) is 16.2. The molecule has 1 aliphatic rings. The van der Waals surface area contributed by atoms with E-state index in [1.807, 2.05) is 12.3 Å². The molecule has 1 amide bonds. The zero-order valence-electron chi connectivity index (χ0n) is 13.0. The molecule has 1 aromatic heterocycles. The Hall–Kier alpha value is -1.40. The standard InChI is InChI=1S/C16H20ClN3O2S/c1-23-9-6-18-15(21)11-4-7-20(8-5-11)16-19-13-10-12(17)2-3-14(13)22-16/h2-3,10-11H,4-9H2,1H3,(H,18,21). The molecule has 3 rings (SSSR count). The molecule has 0 radical (unpaired) electrons. The highest BCUT2D eigenvalue weighted by molar-refractivity contribution is 7.98. The second kappa shape index (κ2) is 7.45. The normalized spacial score (nSPS) is 16.0. The fraction of sp³-hybridized carbons (Fsp3) is 0.500. The van der Waals surface area contributed by atoms with Gasteiger partial charge < -0.3 is 14.6 Å². The minimum atomic E-state index is 0.0897. The maximum absolute atomic E-state index is 12.1. The van der Waals surface area contributed by atoms with Gasteiger partial charge in [0.05, 0.1) is 0 Å². The zero-order valence-corrected chi connectivity index (χ0v) is 14.6. The van der Waals surface area contributed by atoms with Gasteiger partial charge in [0.2, 0.25) is 5.91 Å². The van der Waals surface area contributed by atoms with E-state index in [2.05, 4.69) is 15.2 Å². The van der Waals surface area contributed by atoms with Crippen molar-refractivity contribution >= 4 is 46.4 Å². The minimum absolute atomic E-state index is 0.0897. The van der Waals surface area contributed by atoms with Gasteiger partial charge in [-0.2, -0.15) is 16.7 Å². The number of oxazole rings is 1. The maximum atomic E-state index is 12.1. The lowest BCUT2D eigenvalue weighted by molar-refractivity contribution is -0.125. The number of benzene rings is 1. The van der Waals surface area contributed by atoms with Crippen molar-refractivity contribution in [3.8, 4) is 0 Å². The number of rotatable bonds is 5. The average Bonchev–Trinajstić information content (AvgIpc) is 2.98. The first kappa shape index (κ1) is 16.5. The van der Waals surface area contributed by atoms with Crippen molar-refractivity contribution in [3.63, 3.8) is 0 Å². The van der Waals surface area contributed by atoms with Gasteiger partial charge in [0.25, 0.3) is 6.01 Å². The molecule has 5 nitrogen and oxygen atoms in total. The van der Waals surface area contributed by atoms with Gasteiger partial charge in [-0.1, -0.05) is 11.6 Å². The van der Waals surface area contributed by atoms with Crippen molar-refractivity contribution in [3.05, 3.63) is 23.2 Å². The fourth-order valence-corrected chi connectivity index (χ4v) is 3.25. The first-order valence-electron chi connectivity index (χ1n) is 7.75. The van der Waals surface area contributed by atoms with Gasteiger partial charge in [0.1, 0.15) is 5.52 Å². The summed E-state index contributed by atoms with van der Waals surface area (Å²) in [5.41, 5.74) is 1.51. The lowest BCUT2D eigenvalue weighted by Crippen LogP contribution is -2.41. The molecule has 0 spiro atoms. The summed E-state index contributed by atoms with van der Waals surface area (Å²) in [5, 5.41) is 3.65. The van der Waals surface area contributed by atoms with Crippen LogP contribution < -0.4 is 10.2 Å². The number of carbonyl (C=O) groups excluding carboxylic acids is 1. The Morgan fingerprint density at radius 3 is 3.00 bits per heavy atom. The summed E-state index contributed by atoms with van der Waals surface area (Å²) in [6, 6.07) is 6.04. The highest BCUT2D eigenvalue weighted by atomic mass is 35.5.